The van der Waals surface area contributed by atoms with Crippen LogP contribution in [0.3, 0.4) is 0 Å². The van der Waals surface area contributed by atoms with E-state index < -0.39 is 10.0 Å². The Balaban J connectivity index is 2.13. The maximum atomic E-state index is 12.2. The van der Waals surface area contributed by atoms with Gasteiger partial charge in [0.25, 0.3) is 10.0 Å². The third kappa shape index (κ3) is 2.26. The minimum Gasteiger partial charge on any atom is -0.358 e. The zero-order chi connectivity index (χ0) is 15.0. The molecule has 8 heteroatoms. The Morgan fingerprint density at radius 2 is 2.24 bits per heavy atom. The van der Waals surface area contributed by atoms with E-state index >= 15 is 0 Å². The summed E-state index contributed by atoms with van der Waals surface area (Å²) in [7, 11) is -3.67. The van der Waals surface area contributed by atoms with E-state index in [4.69, 9.17) is 5.26 Å². The highest BCUT2D eigenvalue weighted by atomic mass is 32.2. The Kier molecular flexibility index (Phi) is 3.16. The molecule has 0 aliphatic carbocycles. The van der Waals surface area contributed by atoms with Crippen LogP contribution in [0.4, 0.5) is 5.69 Å². The van der Waals surface area contributed by atoms with E-state index in [0.29, 0.717) is 16.8 Å². The van der Waals surface area contributed by atoms with Crippen LogP contribution < -0.4 is 4.72 Å². The normalized spacial score (nSPS) is 11.4. The molecule has 0 fully saturated rings. The van der Waals surface area contributed by atoms with Crippen molar-refractivity contribution in [1.82, 2.24) is 9.97 Å². The Morgan fingerprint density at radius 1 is 1.43 bits per heavy atom. The average Bonchev–Trinajstić information content (AvgIpc) is 3.10. The van der Waals surface area contributed by atoms with Crippen molar-refractivity contribution >= 4 is 38.0 Å². The second-order valence-electron chi connectivity index (χ2n) is 4.42. The first-order chi connectivity index (χ1) is 10.0. The van der Waals surface area contributed by atoms with E-state index in [1.807, 2.05) is 6.92 Å². The number of nitriles is 1. The fourth-order valence-electron chi connectivity index (χ4n) is 2.13. The smallest absolute Gasteiger partial charge is 0.273 e. The molecular weight excluding hydrogens is 308 g/mol. The summed E-state index contributed by atoms with van der Waals surface area (Å²) < 4.78 is 27.2. The molecule has 2 aromatic heterocycles. The molecule has 0 aliphatic rings. The van der Waals surface area contributed by atoms with Crippen molar-refractivity contribution in [1.29, 1.82) is 5.26 Å². The van der Waals surface area contributed by atoms with Gasteiger partial charge in [0, 0.05) is 11.6 Å². The number of hydrogen-bond donors (Lipinski definition) is 2. The quantitative estimate of drug-likeness (QED) is 0.775. The van der Waals surface area contributed by atoms with Crippen molar-refractivity contribution in [3.8, 4) is 6.07 Å². The number of aromatic nitrogens is 2. The summed E-state index contributed by atoms with van der Waals surface area (Å²) in [5, 5.41) is 9.83. The minimum absolute atomic E-state index is 0.142. The molecule has 0 aliphatic heterocycles. The molecule has 106 valence electrons. The average molecular weight is 318 g/mol. The van der Waals surface area contributed by atoms with Gasteiger partial charge in [-0.1, -0.05) is 6.07 Å². The number of H-pyrrole nitrogens is 1. The van der Waals surface area contributed by atoms with Crippen molar-refractivity contribution < 1.29 is 8.42 Å². The maximum Gasteiger partial charge on any atom is 0.273 e. The van der Waals surface area contributed by atoms with Crippen molar-refractivity contribution in [2.24, 2.45) is 0 Å². The number of thiazole rings is 1. The van der Waals surface area contributed by atoms with Gasteiger partial charge in [-0.2, -0.15) is 5.26 Å². The lowest BCUT2D eigenvalue weighted by Gasteiger charge is -2.08. The molecule has 0 saturated heterocycles. The first-order valence-electron chi connectivity index (χ1n) is 5.95. The number of sulfonamides is 1. The summed E-state index contributed by atoms with van der Waals surface area (Å²) >= 11 is 1.04. The monoisotopic (exact) mass is 318 g/mol. The van der Waals surface area contributed by atoms with E-state index in [1.54, 1.807) is 18.3 Å². The van der Waals surface area contributed by atoms with E-state index in [-0.39, 0.29) is 4.21 Å². The Labute approximate surface area is 125 Å². The second kappa shape index (κ2) is 4.87. The summed E-state index contributed by atoms with van der Waals surface area (Å²) in [6, 6.07) is 5.55. The summed E-state index contributed by atoms with van der Waals surface area (Å²) in [6.45, 7) is 1.87. The van der Waals surface area contributed by atoms with Crippen molar-refractivity contribution in [2.45, 2.75) is 11.1 Å². The zero-order valence-electron chi connectivity index (χ0n) is 10.9. The zero-order valence-corrected chi connectivity index (χ0v) is 12.5. The highest BCUT2D eigenvalue weighted by Crippen LogP contribution is 2.30. The molecule has 3 rings (SSSR count). The largest absolute Gasteiger partial charge is 0.358 e. The van der Waals surface area contributed by atoms with Crippen LogP contribution in [-0.4, -0.2) is 18.4 Å². The summed E-state index contributed by atoms with van der Waals surface area (Å²) in [5.74, 6) is 0. The van der Waals surface area contributed by atoms with Crippen LogP contribution in [0.5, 0.6) is 0 Å². The maximum absolute atomic E-state index is 12.2. The van der Waals surface area contributed by atoms with Gasteiger partial charge in [0.05, 0.1) is 28.5 Å². The lowest BCUT2D eigenvalue weighted by Crippen LogP contribution is -2.11. The first-order valence-corrected chi connectivity index (χ1v) is 8.31. The van der Waals surface area contributed by atoms with Crippen molar-refractivity contribution in [3.05, 3.63) is 41.2 Å². The lowest BCUT2D eigenvalue weighted by molar-refractivity contribution is 0.603. The molecule has 0 amide bonds. The third-order valence-corrected chi connectivity index (χ3v) is 5.72. The number of rotatable bonds is 3. The Morgan fingerprint density at radius 3 is 2.90 bits per heavy atom. The van der Waals surface area contributed by atoms with Crippen LogP contribution >= 0.6 is 11.3 Å². The van der Waals surface area contributed by atoms with Gasteiger partial charge in [0.15, 0.2) is 4.21 Å². The molecule has 21 heavy (non-hydrogen) atoms. The van der Waals surface area contributed by atoms with Crippen molar-refractivity contribution in [3.63, 3.8) is 0 Å². The molecule has 3 aromatic rings. The molecular formula is C13H10N4O2S2. The molecule has 1 aromatic carbocycles. The van der Waals surface area contributed by atoms with Crippen LogP contribution in [0.1, 0.15) is 11.1 Å². The van der Waals surface area contributed by atoms with Crippen LogP contribution in [0.15, 0.2) is 34.2 Å². The standard InChI is InChI=1S/C13H10N4O2S2/c1-8-2-3-10(13-12(8)9(4-14)5-16-13)17-21(18,19)11-6-15-7-20-11/h2-3,5-7,16-17H,1H3. The molecule has 0 radical (unpaired) electrons. The molecule has 2 N–H and O–H groups in total. The Hall–Kier alpha value is -2.37. The predicted octanol–water partition coefficient (Wildman–Crippen LogP) is 2.61. The minimum atomic E-state index is -3.67. The molecule has 0 bridgehead atoms. The van der Waals surface area contributed by atoms with Crippen LogP contribution in [-0.2, 0) is 10.0 Å². The van der Waals surface area contributed by atoms with Gasteiger partial charge in [-0.05, 0) is 18.6 Å². The number of benzene rings is 1. The number of anilines is 1. The Bertz CT molecular complexity index is 950. The van der Waals surface area contributed by atoms with Gasteiger partial charge < -0.3 is 4.98 Å². The molecule has 0 spiro atoms. The lowest BCUT2D eigenvalue weighted by atomic mass is 10.1. The molecule has 2 heterocycles. The molecule has 0 atom stereocenters. The highest BCUT2D eigenvalue weighted by molar-refractivity contribution is 7.94. The predicted molar refractivity (Wildman–Crippen MR) is 80.7 cm³/mol. The second-order valence-corrected chi connectivity index (χ2v) is 7.22. The highest BCUT2D eigenvalue weighted by Gasteiger charge is 2.19. The van der Waals surface area contributed by atoms with Crippen LogP contribution in [0, 0.1) is 18.3 Å². The topological polar surface area (TPSA) is 98.6 Å². The van der Waals surface area contributed by atoms with E-state index in [2.05, 4.69) is 20.8 Å². The number of aromatic amines is 1. The number of hydrogen-bond acceptors (Lipinski definition) is 5. The van der Waals surface area contributed by atoms with Crippen molar-refractivity contribution in [2.75, 3.05) is 4.72 Å². The van der Waals surface area contributed by atoms with Gasteiger partial charge in [-0.3, -0.25) is 9.71 Å². The van der Waals surface area contributed by atoms with Gasteiger partial charge in [0.2, 0.25) is 0 Å². The number of fused-ring (bicyclic) bond motifs is 1. The summed E-state index contributed by atoms with van der Waals surface area (Å²) in [5.41, 5.74) is 3.86. The van der Waals surface area contributed by atoms with Gasteiger partial charge in [-0.15, -0.1) is 11.3 Å². The fraction of sp³-hybridized carbons (Fsp3) is 0.0769. The summed E-state index contributed by atoms with van der Waals surface area (Å²) in [4.78, 5) is 6.73. The van der Waals surface area contributed by atoms with E-state index in [9.17, 15) is 8.42 Å². The third-order valence-electron chi connectivity index (χ3n) is 3.08. The van der Waals surface area contributed by atoms with E-state index in [0.717, 1.165) is 22.3 Å². The number of aryl methyl sites for hydroxylation is 1. The van der Waals surface area contributed by atoms with Crippen LogP contribution in [0.25, 0.3) is 10.9 Å². The summed E-state index contributed by atoms with van der Waals surface area (Å²) in [6.07, 6.45) is 2.87. The van der Waals surface area contributed by atoms with E-state index in [1.165, 1.54) is 11.7 Å². The number of nitrogens with zero attached hydrogens (tertiary/aromatic N) is 2. The fourth-order valence-corrected chi connectivity index (χ4v) is 3.99. The molecule has 0 saturated carbocycles. The molecule has 6 nitrogen and oxygen atoms in total. The van der Waals surface area contributed by atoms with Gasteiger partial charge in [0.1, 0.15) is 6.07 Å². The number of nitrogens with one attached hydrogen (secondary N) is 2. The molecule has 0 unspecified atom stereocenters. The van der Waals surface area contributed by atoms with Gasteiger partial charge in [-0.25, -0.2) is 8.42 Å². The first kappa shape index (κ1) is 13.6. The van der Waals surface area contributed by atoms with Gasteiger partial charge >= 0.3 is 0 Å². The SMILES string of the molecule is Cc1ccc(NS(=O)(=O)c2cncs2)c2[nH]cc(C#N)c12. The van der Waals surface area contributed by atoms with Crippen LogP contribution in [0.2, 0.25) is 0 Å².